The Bertz CT molecular complexity index is 1030. The van der Waals surface area contributed by atoms with E-state index in [4.69, 9.17) is 0 Å². The van der Waals surface area contributed by atoms with Crippen molar-refractivity contribution in [2.24, 2.45) is 0 Å². The van der Waals surface area contributed by atoms with E-state index in [1.807, 2.05) is 0 Å². The molecule has 5 rings (SSSR count). The number of rotatable bonds is 2. The van der Waals surface area contributed by atoms with Gasteiger partial charge in [0.1, 0.15) is 0 Å². The molecule has 0 heterocycles. The highest BCUT2D eigenvalue weighted by molar-refractivity contribution is 5.86. The van der Waals surface area contributed by atoms with Gasteiger partial charge in [0, 0.05) is 0 Å². The maximum absolute atomic E-state index is 2.30. The summed E-state index contributed by atoms with van der Waals surface area (Å²) in [6.07, 6.45) is 0. The van der Waals surface area contributed by atoms with Crippen LogP contribution in [-0.4, -0.2) is 11.0 Å². The van der Waals surface area contributed by atoms with Crippen LogP contribution in [0.5, 0.6) is 0 Å². The summed E-state index contributed by atoms with van der Waals surface area (Å²) in [4.78, 5) is 0. The van der Waals surface area contributed by atoms with Crippen molar-refractivity contribution in [3.05, 3.63) is 130 Å². The fraction of sp³-hybridized carbons (Fsp3) is 0.111. The van der Waals surface area contributed by atoms with Gasteiger partial charge in [-0.05, 0) is 47.2 Å². The van der Waals surface area contributed by atoms with Crippen molar-refractivity contribution < 1.29 is 11.0 Å². The third-order valence-electron chi connectivity index (χ3n) is 5.92. The molecule has 0 radical (unpaired) electrons. The Morgan fingerprint density at radius 3 is 1.17 bits per heavy atom. The Morgan fingerprint density at radius 1 is 0.448 bits per heavy atom. The Kier molecular flexibility index (Phi) is 5.43. The lowest BCUT2D eigenvalue weighted by Gasteiger charge is -2.34. The first-order valence-corrected chi connectivity index (χ1v) is 9.55. The van der Waals surface area contributed by atoms with E-state index in [1.54, 1.807) is 0 Å². The molecule has 2 nitrogen and oxygen atoms in total. The van der Waals surface area contributed by atoms with Gasteiger partial charge in [-0.2, -0.15) is 0 Å². The molecule has 0 aliphatic heterocycles. The van der Waals surface area contributed by atoms with Crippen molar-refractivity contribution in [2.45, 2.75) is 19.3 Å². The van der Waals surface area contributed by atoms with Gasteiger partial charge in [0.25, 0.3) is 0 Å². The van der Waals surface area contributed by atoms with Crippen molar-refractivity contribution in [2.75, 3.05) is 0 Å². The predicted octanol–water partition coefficient (Wildman–Crippen LogP) is 5.02. The summed E-state index contributed by atoms with van der Waals surface area (Å²) in [6.45, 7) is 4.30. The topological polar surface area (TPSA) is 63.0 Å². The lowest BCUT2D eigenvalue weighted by molar-refractivity contribution is 0.767. The molecule has 0 aromatic heterocycles. The molecule has 0 saturated heterocycles. The zero-order chi connectivity index (χ0) is 18.4. The Hall–Kier alpha value is -3.20. The van der Waals surface area contributed by atoms with E-state index in [0.29, 0.717) is 0 Å². The summed E-state index contributed by atoms with van der Waals surface area (Å²) in [5.41, 5.74) is 10.4. The van der Waals surface area contributed by atoms with Crippen LogP contribution in [0.25, 0.3) is 11.1 Å². The molecule has 1 aliphatic rings. The highest BCUT2D eigenvalue weighted by Crippen LogP contribution is 2.55. The molecule has 0 unspecified atom stereocenters. The van der Waals surface area contributed by atoms with Crippen LogP contribution in [-0.2, 0) is 5.41 Å². The van der Waals surface area contributed by atoms with E-state index in [2.05, 4.69) is 111 Å². The second-order valence-electron chi connectivity index (χ2n) is 7.57. The maximum atomic E-state index is 2.30. The standard InChI is InChI=1S/C27H22.2H2O/c1-19-11-15-21(16-12-19)27(22-17-13-20(2)14-18-22)25-9-5-3-7-23(25)24-8-4-6-10-26(24)27;;/h3-18H,1-2H3;2*1H2. The van der Waals surface area contributed by atoms with Crippen LogP contribution < -0.4 is 0 Å². The quantitative estimate of drug-likeness (QED) is 0.412. The SMILES string of the molecule is Cc1ccc(C2(c3ccc(C)cc3)c3ccccc3-c3ccccc32)cc1.O.O. The second kappa shape index (κ2) is 7.67. The van der Waals surface area contributed by atoms with Crippen LogP contribution >= 0.6 is 0 Å². The molecule has 0 amide bonds. The lowest BCUT2D eigenvalue weighted by Crippen LogP contribution is -2.28. The first kappa shape index (κ1) is 20.5. The van der Waals surface area contributed by atoms with Gasteiger partial charge in [0.05, 0.1) is 5.41 Å². The molecular formula is C27H26O2. The van der Waals surface area contributed by atoms with Crippen LogP contribution in [0.15, 0.2) is 97.1 Å². The molecule has 0 fully saturated rings. The Balaban J connectivity index is 0.00000120. The van der Waals surface area contributed by atoms with Crippen molar-refractivity contribution >= 4 is 0 Å². The zero-order valence-corrected chi connectivity index (χ0v) is 16.7. The van der Waals surface area contributed by atoms with E-state index in [0.717, 1.165) is 0 Å². The molecular weight excluding hydrogens is 356 g/mol. The highest BCUT2D eigenvalue weighted by atomic mass is 16.0. The summed E-state index contributed by atoms with van der Waals surface area (Å²) in [6, 6.07) is 35.9. The summed E-state index contributed by atoms with van der Waals surface area (Å²) in [5, 5.41) is 0. The van der Waals surface area contributed by atoms with Gasteiger partial charge in [0.15, 0.2) is 0 Å². The minimum Gasteiger partial charge on any atom is -0.412 e. The van der Waals surface area contributed by atoms with Crippen LogP contribution in [0.3, 0.4) is 0 Å². The molecule has 2 heteroatoms. The summed E-state index contributed by atoms with van der Waals surface area (Å²) >= 11 is 0. The molecule has 146 valence electrons. The van der Waals surface area contributed by atoms with Crippen molar-refractivity contribution in [3.63, 3.8) is 0 Å². The number of hydrogen-bond acceptors (Lipinski definition) is 0. The Morgan fingerprint density at radius 2 is 0.793 bits per heavy atom. The highest BCUT2D eigenvalue weighted by Gasteiger charge is 2.45. The van der Waals surface area contributed by atoms with E-state index in [1.165, 1.54) is 44.5 Å². The number of hydrogen-bond donors (Lipinski definition) is 0. The van der Waals surface area contributed by atoms with Crippen LogP contribution in [0, 0.1) is 13.8 Å². The average Bonchev–Trinajstić information content (AvgIpc) is 3.01. The first-order valence-electron chi connectivity index (χ1n) is 9.55. The third kappa shape index (κ3) is 2.89. The van der Waals surface area contributed by atoms with Crippen molar-refractivity contribution in [1.82, 2.24) is 0 Å². The van der Waals surface area contributed by atoms with Gasteiger partial charge in [0.2, 0.25) is 0 Å². The minimum atomic E-state index is -0.269. The number of benzene rings is 4. The fourth-order valence-corrected chi connectivity index (χ4v) is 4.63. The van der Waals surface area contributed by atoms with E-state index < -0.39 is 0 Å². The van der Waals surface area contributed by atoms with Crippen LogP contribution in [0.2, 0.25) is 0 Å². The van der Waals surface area contributed by atoms with Crippen molar-refractivity contribution in [3.8, 4) is 11.1 Å². The van der Waals surface area contributed by atoms with Crippen molar-refractivity contribution in [1.29, 1.82) is 0 Å². The number of aryl methyl sites for hydroxylation is 2. The molecule has 0 atom stereocenters. The van der Waals surface area contributed by atoms with Gasteiger partial charge < -0.3 is 11.0 Å². The second-order valence-corrected chi connectivity index (χ2v) is 7.57. The lowest BCUT2D eigenvalue weighted by atomic mass is 9.67. The van der Waals surface area contributed by atoms with E-state index in [9.17, 15) is 0 Å². The summed E-state index contributed by atoms with van der Waals surface area (Å²) in [7, 11) is 0. The maximum Gasteiger partial charge on any atom is 0.0713 e. The zero-order valence-electron chi connectivity index (χ0n) is 16.7. The molecule has 1 aliphatic carbocycles. The van der Waals surface area contributed by atoms with Gasteiger partial charge in [-0.3, -0.25) is 0 Å². The summed E-state index contributed by atoms with van der Waals surface area (Å²) in [5.74, 6) is 0. The minimum absolute atomic E-state index is 0. The normalized spacial score (nSPS) is 12.9. The molecule has 4 aromatic rings. The third-order valence-corrected chi connectivity index (χ3v) is 5.92. The van der Waals surface area contributed by atoms with E-state index in [-0.39, 0.29) is 16.4 Å². The largest absolute Gasteiger partial charge is 0.412 e. The average molecular weight is 383 g/mol. The van der Waals surface area contributed by atoms with Crippen LogP contribution in [0.1, 0.15) is 33.4 Å². The van der Waals surface area contributed by atoms with Gasteiger partial charge in [-0.15, -0.1) is 0 Å². The van der Waals surface area contributed by atoms with Gasteiger partial charge >= 0.3 is 0 Å². The molecule has 0 bridgehead atoms. The Labute approximate surface area is 172 Å². The molecule has 0 spiro atoms. The molecule has 4 aromatic carbocycles. The monoisotopic (exact) mass is 382 g/mol. The molecule has 29 heavy (non-hydrogen) atoms. The number of fused-ring (bicyclic) bond motifs is 3. The molecule has 0 saturated carbocycles. The predicted molar refractivity (Wildman–Crippen MR) is 120 cm³/mol. The van der Waals surface area contributed by atoms with E-state index >= 15 is 0 Å². The fourth-order valence-electron chi connectivity index (χ4n) is 4.63. The smallest absolute Gasteiger partial charge is 0.0713 e. The van der Waals surface area contributed by atoms with Gasteiger partial charge in [-0.1, -0.05) is 108 Å². The molecule has 4 N–H and O–H groups in total. The van der Waals surface area contributed by atoms with Gasteiger partial charge in [-0.25, -0.2) is 0 Å². The summed E-state index contributed by atoms with van der Waals surface area (Å²) < 4.78 is 0. The first-order chi connectivity index (χ1) is 13.2. The van der Waals surface area contributed by atoms with Crippen LogP contribution in [0.4, 0.5) is 0 Å².